The summed E-state index contributed by atoms with van der Waals surface area (Å²) in [4.78, 5) is 5.07. The van der Waals surface area contributed by atoms with Crippen LogP contribution in [0.2, 0.25) is 0 Å². The summed E-state index contributed by atoms with van der Waals surface area (Å²) in [5.41, 5.74) is -0.369. The minimum atomic E-state index is -0.510. The number of nitrogens with one attached hydrogen (secondary N) is 1. The summed E-state index contributed by atoms with van der Waals surface area (Å²) in [6.07, 6.45) is 5.51. The van der Waals surface area contributed by atoms with Crippen molar-refractivity contribution in [1.82, 2.24) is 15.1 Å². The zero-order valence-corrected chi connectivity index (χ0v) is 14.9. The van der Waals surface area contributed by atoms with Crippen molar-refractivity contribution >= 4 is 0 Å². The highest BCUT2D eigenvalue weighted by atomic mass is 16.3. The maximum absolute atomic E-state index is 11.3. The van der Waals surface area contributed by atoms with E-state index in [9.17, 15) is 5.11 Å². The lowest BCUT2D eigenvalue weighted by molar-refractivity contribution is -0.0691. The van der Waals surface area contributed by atoms with E-state index >= 15 is 0 Å². The predicted octanol–water partition coefficient (Wildman–Crippen LogP) is 1.83. The monoisotopic (exact) mass is 309 g/mol. The van der Waals surface area contributed by atoms with Gasteiger partial charge < -0.3 is 10.4 Å². The molecule has 22 heavy (non-hydrogen) atoms. The van der Waals surface area contributed by atoms with Gasteiger partial charge in [0.2, 0.25) is 0 Å². The van der Waals surface area contributed by atoms with Crippen LogP contribution in [-0.4, -0.2) is 70.4 Å². The van der Waals surface area contributed by atoms with Gasteiger partial charge in [-0.25, -0.2) is 0 Å². The van der Waals surface area contributed by atoms with Crippen LogP contribution in [0.15, 0.2) is 0 Å². The molecule has 0 unspecified atom stereocenters. The van der Waals surface area contributed by atoms with Crippen molar-refractivity contribution < 1.29 is 5.11 Å². The normalized spacial score (nSPS) is 40.8. The molecule has 0 amide bonds. The number of aliphatic hydroxyl groups is 1. The van der Waals surface area contributed by atoms with Crippen LogP contribution in [-0.2, 0) is 0 Å². The Labute approximate surface area is 136 Å². The van der Waals surface area contributed by atoms with Crippen LogP contribution < -0.4 is 5.32 Å². The number of β-amino-alcohol motifs (C(OH)–C–C–N with tert-alkyl or cyclic N) is 1. The highest BCUT2D eigenvalue weighted by Gasteiger charge is 2.50. The highest BCUT2D eigenvalue weighted by molar-refractivity contribution is 5.09. The van der Waals surface area contributed by atoms with Crippen LogP contribution in [0, 0.1) is 0 Å². The summed E-state index contributed by atoms with van der Waals surface area (Å²) in [5, 5.41) is 15.2. The zero-order valence-electron chi connectivity index (χ0n) is 14.9. The fourth-order valence-corrected chi connectivity index (χ4v) is 4.98. The van der Waals surface area contributed by atoms with Crippen LogP contribution in [0.25, 0.3) is 0 Å². The van der Waals surface area contributed by atoms with E-state index in [-0.39, 0.29) is 5.54 Å². The van der Waals surface area contributed by atoms with Gasteiger partial charge in [-0.15, -0.1) is 0 Å². The quantitative estimate of drug-likeness (QED) is 0.831. The van der Waals surface area contributed by atoms with E-state index in [2.05, 4.69) is 42.8 Å². The molecule has 2 bridgehead atoms. The maximum Gasteiger partial charge on any atom is 0.0792 e. The fourth-order valence-electron chi connectivity index (χ4n) is 4.98. The molecule has 0 aromatic heterocycles. The molecule has 3 saturated heterocycles. The standard InChI is InChI=1S/C18H35N3O/c1-14(2)20-9-5-7-18(22,13-20)11-17-8-6-16(19-17)10-21(12-17)15(3)4/h14-16,19,22H,5-13H2,1-4H3/t16-,17-,18+/m1/s1. The second-order valence-corrected chi connectivity index (χ2v) is 8.75. The summed E-state index contributed by atoms with van der Waals surface area (Å²) in [7, 11) is 0. The van der Waals surface area contributed by atoms with Crippen molar-refractivity contribution in [1.29, 1.82) is 0 Å². The highest BCUT2D eigenvalue weighted by Crippen LogP contribution is 2.39. The van der Waals surface area contributed by atoms with Gasteiger partial charge in [-0.2, -0.15) is 0 Å². The molecule has 2 N–H and O–H groups in total. The SMILES string of the molecule is CC(C)N1CCC[C@](O)(C[C@]23CC[C@H](CN(C(C)C)C2)N3)C1. The molecule has 0 spiro atoms. The summed E-state index contributed by atoms with van der Waals surface area (Å²) in [6, 6.07) is 1.77. The van der Waals surface area contributed by atoms with E-state index in [1.807, 2.05) is 0 Å². The van der Waals surface area contributed by atoms with Gasteiger partial charge in [0.25, 0.3) is 0 Å². The molecule has 0 aromatic carbocycles. The Kier molecular flexibility index (Phi) is 4.59. The number of fused-ring (bicyclic) bond motifs is 2. The smallest absolute Gasteiger partial charge is 0.0792 e. The van der Waals surface area contributed by atoms with Crippen molar-refractivity contribution in [2.75, 3.05) is 26.2 Å². The van der Waals surface area contributed by atoms with Crippen molar-refractivity contribution in [2.24, 2.45) is 0 Å². The van der Waals surface area contributed by atoms with Crippen molar-refractivity contribution in [3.63, 3.8) is 0 Å². The molecular weight excluding hydrogens is 274 g/mol. The van der Waals surface area contributed by atoms with E-state index in [4.69, 9.17) is 0 Å². The molecule has 0 aliphatic carbocycles. The minimum Gasteiger partial charge on any atom is -0.388 e. The lowest BCUT2D eigenvalue weighted by Crippen LogP contribution is -2.64. The second-order valence-electron chi connectivity index (χ2n) is 8.75. The molecule has 0 saturated carbocycles. The topological polar surface area (TPSA) is 38.7 Å². The third-order valence-electron chi connectivity index (χ3n) is 6.16. The van der Waals surface area contributed by atoms with E-state index in [1.54, 1.807) is 0 Å². The largest absolute Gasteiger partial charge is 0.388 e. The summed E-state index contributed by atoms with van der Waals surface area (Å²) < 4.78 is 0. The summed E-state index contributed by atoms with van der Waals surface area (Å²) in [6.45, 7) is 13.4. The predicted molar refractivity (Wildman–Crippen MR) is 91.1 cm³/mol. The van der Waals surface area contributed by atoms with Gasteiger partial charge >= 0.3 is 0 Å². The maximum atomic E-state index is 11.3. The van der Waals surface area contributed by atoms with Crippen LogP contribution in [0.1, 0.15) is 59.8 Å². The average Bonchev–Trinajstić information content (AvgIpc) is 2.72. The molecule has 0 aromatic rings. The molecule has 3 aliphatic heterocycles. The molecule has 4 heteroatoms. The Morgan fingerprint density at radius 2 is 1.82 bits per heavy atom. The van der Waals surface area contributed by atoms with E-state index in [0.717, 1.165) is 38.9 Å². The number of hydrogen-bond donors (Lipinski definition) is 2. The van der Waals surface area contributed by atoms with Crippen LogP contribution in [0.3, 0.4) is 0 Å². The van der Waals surface area contributed by atoms with E-state index < -0.39 is 5.60 Å². The molecule has 3 aliphatic rings. The number of hydrogen-bond acceptors (Lipinski definition) is 4. The second kappa shape index (κ2) is 6.04. The van der Waals surface area contributed by atoms with Gasteiger partial charge in [-0.05, 0) is 66.3 Å². The molecular formula is C18H35N3O. The Hall–Kier alpha value is -0.160. The van der Waals surface area contributed by atoms with E-state index in [0.29, 0.717) is 18.1 Å². The van der Waals surface area contributed by atoms with Crippen LogP contribution >= 0.6 is 0 Å². The summed E-state index contributed by atoms with van der Waals surface area (Å²) >= 11 is 0. The van der Waals surface area contributed by atoms with Crippen LogP contribution in [0.5, 0.6) is 0 Å². The first-order valence-electron chi connectivity index (χ1n) is 9.29. The van der Waals surface area contributed by atoms with Gasteiger partial charge in [0.15, 0.2) is 0 Å². The molecule has 0 radical (unpaired) electrons. The average molecular weight is 309 g/mol. The van der Waals surface area contributed by atoms with Crippen molar-refractivity contribution in [3.05, 3.63) is 0 Å². The number of likely N-dealkylation sites (tertiary alicyclic amines) is 2. The fraction of sp³-hybridized carbons (Fsp3) is 1.00. The van der Waals surface area contributed by atoms with E-state index in [1.165, 1.54) is 19.4 Å². The number of rotatable bonds is 4. The molecule has 3 rings (SSSR count). The Bertz CT molecular complexity index is 400. The first kappa shape index (κ1) is 16.7. The lowest BCUT2D eigenvalue weighted by atomic mass is 9.78. The van der Waals surface area contributed by atoms with Gasteiger partial charge in [-0.1, -0.05) is 0 Å². The Morgan fingerprint density at radius 3 is 2.50 bits per heavy atom. The first-order valence-corrected chi connectivity index (χ1v) is 9.29. The molecule has 3 atom stereocenters. The molecule has 3 fully saturated rings. The van der Waals surface area contributed by atoms with Crippen LogP contribution in [0.4, 0.5) is 0 Å². The molecule has 128 valence electrons. The van der Waals surface area contributed by atoms with Gasteiger partial charge in [0, 0.05) is 43.3 Å². The zero-order chi connectivity index (χ0) is 16.0. The third kappa shape index (κ3) is 3.35. The van der Waals surface area contributed by atoms with Gasteiger partial charge in [0.05, 0.1) is 5.60 Å². The van der Waals surface area contributed by atoms with Crippen molar-refractivity contribution in [3.8, 4) is 0 Å². The number of piperidine rings is 1. The number of piperazine rings is 1. The third-order valence-corrected chi connectivity index (χ3v) is 6.16. The molecule has 4 nitrogen and oxygen atoms in total. The number of nitrogens with zero attached hydrogens (tertiary/aromatic N) is 2. The van der Waals surface area contributed by atoms with Gasteiger partial charge in [-0.3, -0.25) is 9.80 Å². The molecule has 3 heterocycles. The first-order chi connectivity index (χ1) is 10.3. The lowest BCUT2D eigenvalue weighted by Gasteiger charge is -2.49. The Balaban J connectivity index is 1.70. The van der Waals surface area contributed by atoms with Gasteiger partial charge in [0.1, 0.15) is 0 Å². The summed E-state index contributed by atoms with van der Waals surface area (Å²) in [5.74, 6) is 0. The minimum absolute atomic E-state index is 0.141. The van der Waals surface area contributed by atoms with Crippen molar-refractivity contribution in [2.45, 2.75) is 89.1 Å². The Morgan fingerprint density at radius 1 is 1.09 bits per heavy atom.